The number of piperazine rings is 1. The average molecular weight is 343 g/mol. The molecule has 1 amide bonds. The van der Waals surface area contributed by atoms with E-state index in [1.165, 1.54) is 11.1 Å². The third kappa shape index (κ3) is 4.08. The zero-order valence-electron chi connectivity index (χ0n) is 13.2. The van der Waals surface area contributed by atoms with E-state index in [-0.39, 0.29) is 16.3 Å². The quantitative estimate of drug-likeness (QED) is 0.655. The number of ether oxygens (including phenoxy) is 1. The van der Waals surface area contributed by atoms with Gasteiger partial charge in [0.05, 0.1) is 21.6 Å². The van der Waals surface area contributed by atoms with E-state index in [2.05, 4.69) is 10.3 Å². The molecule has 23 heavy (non-hydrogen) atoms. The van der Waals surface area contributed by atoms with Crippen LogP contribution < -0.4 is 5.32 Å². The third-order valence-corrected chi connectivity index (χ3v) is 3.62. The number of hydrogen-bond donors (Lipinski definition) is 1. The van der Waals surface area contributed by atoms with E-state index in [0.29, 0.717) is 19.6 Å². The monoisotopic (exact) mass is 342 g/mol. The smallest absolute Gasteiger partial charge is 0.410 e. The molecule has 1 aliphatic heterocycles. The van der Waals surface area contributed by atoms with E-state index in [9.17, 15) is 14.9 Å². The van der Waals surface area contributed by atoms with Gasteiger partial charge in [-0.2, -0.15) is 0 Å². The Morgan fingerprint density at radius 3 is 2.83 bits per heavy atom. The number of nitrogens with zero attached hydrogens (tertiary/aromatic N) is 3. The van der Waals surface area contributed by atoms with Gasteiger partial charge in [-0.25, -0.2) is 4.79 Å². The second-order valence-electron chi connectivity index (χ2n) is 6.20. The van der Waals surface area contributed by atoms with Gasteiger partial charge in [-0.05, 0) is 20.8 Å². The minimum absolute atomic E-state index is 0.154. The van der Waals surface area contributed by atoms with Crippen molar-refractivity contribution in [2.24, 2.45) is 0 Å². The topological polar surface area (TPSA) is 97.6 Å². The van der Waals surface area contributed by atoms with Gasteiger partial charge in [0.15, 0.2) is 0 Å². The first-order valence-corrected chi connectivity index (χ1v) is 7.56. The second-order valence-corrected chi connectivity index (χ2v) is 6.61. The van der Waals surface area contributed by atoms with Crippen LogP contribution in [-0.4, -0.2) is 46.1 Å². The van der Waals surface area contributed by atoms with Crippen LogP contribution >= 0.6 is 11.6 Å². The highest BCUT2D eigenvalue weighted by atomic mass is 35.5. The Hall–Kier alpha value is -1.93. The van der Waals surface area contributed by atoms with Crippen LogP contribution in [0.25, 0.3) is 0 Å². The van der Waals surface area contributed by atoms with Crippen molar-refractivity contribution in [3.05, 3.63) is 33.1 Å². The van der Waals surface area contributed by atoms with E-state index >= 15 is 0 Å². The molecule has 0 aromatic carbocycles. The molecule has 0 saturated carbocycles. The van der Waals surface area contributed by atoms with Crippen LogP contribution in [0, 0.1) is 10.1 Å². The maximum Gasteiger partial charge on any atom is 0.410 e. The molecular formula is C14H19ClN4O4. The van der Waals surface area contributed by atoms with E-state index in [4.69, 9.17) is 16.3 Å². The van der Waals surface area contributed by atoms with Crippen LogP contribution in [-0.2, 0) is 4.74 Å². The molecule has 0 spiro atoms. The standard InChI is InChI=1S/C14H19ClN4O4/c1-14(2,3)23-13(20)18-5-4-16-7-10(18)12-9(15)6-17-8-11(12)19(21)22/h6,8,10,16H,4-5,7H2,1-3H3. The van der Waals surface area contributed by atoms with Crippen molar-refractivity contribution in [3.63, 3.8) is 0 Å². The molecular weight excluding hydrogens is 324 g/mol. The number of nitro groups is 1. The van der Waals surface area contributed by atoms with Gasteiger partial charge < -0.3 is 10.1 Å². The van der Waals surface area contributed by atoms with Crippen LogP contribution in [0.1, 0.15) is 32.4 Å². The van der Waals surface area contributed by atoms with Crippen LogP contribution in [0.5, 0.6) is 0 Å². The predicted octanol–water partition coefficient (Wildman–Crippen LogP) is 2.52. The Bertz CT molecular complexity index is 617. The summed E-state index contributed by atoms with van der Waals surface area (Å²) in [6.07, 6.45) is 1.96. The summed E-state index contributed by atoms with van der Waals surface area (Å²) in [5, 5.41) is 14.6. The highest BCUT2D eigenvalue weighted by Gasteiger charge is 2.36. The molecule has 1 aromatic heterocycles. The Morgan fingerprint density at radius 2 is 2.22 bits per heavy atom. The van der Waals surface area contributed by atoms with E-state index in [1.807, 2.05) is 0 Å². The summed E-state index contributed by atoms with van der Waals surface area (Å²) in [5.41, 5.74) is -0.593. The van der Waals surface area contributed by atoms with Gasteiger partial charge in [-0.3, -0.25) is 20.0 Å². The molecule has 2 rings (SSSR count). The Balaban J connectivity index is 2.40. The fourth-order valence-electron chi connectivity index (χ4n) is 2.41. The molecule has 9 heteroatoms. The first-order valence-electron chi connectivity index (χ1n) is 7.19. The number of rotatable bonds is 2. The number of halogens is 1. The van der Waals surface area contributed by atoms with Gasteiger partial charge in [-0.15, -0.1) is 0 Å². The molecule has 1 aromatic rings. The largest absolute Gasteiger partial charge is 0.444 e. The molecule has 8 nitrogen and oxygen atoms in total. The minimum Gasteiger partial charge on any atom is -0.444 e. The van der Waals surface area contributed by atoms with Crippen LogP contribution in [0.2, 0.25) is 5.02 Å². The SMILES string of the molecule is CC(C)(C)OC(=O)N1CCNCC1c1c(Cl)cncc1[N+](=O)[O-]. The average Bonchev–Trinajstić information content (AvgIpc) is 2.45. The van der Waals surface area contributed by atoms with Gasteiger partial charge in [0.2, 0.25) is 0 Å². The lowest BCUT2D eigenvalue weighted by atomic mass is 10.0. The van der Waals surface area contributed by atoms with Crippen molar-refractivity contribution in [1.82, 2.24) is 15.2 Å². The maximum atomic E-state index is 12.4. The third-order valence-electron chi connectivity index (χ3n) is 3.32. The van der Waals surface area contributed by atoms with E-state index in [0.717, 1.165) is 6.20 Å². The first-order chi connectivity index (χ1) is 10.7. The number of carbonyl (C=O) groups excluding carboxylic acids is 1. The first kappa shape index (κ1) is 17.4. The highest BCUT2D eigenvalue weighted by molar-refractivity contribution is 6.31. The van der Waals surface area contributed by atoms with Crippen molar-refractivity contribution in [2.75, 3.05) is 19.6 Å². The van der Waals surface area contributed by atoms with Crippen LogP contribution in [0.4, 0.5) is 10.5 Å². The molecule has 0 radical (unpaired) electrons. The lowest BCUT2D eigenvalue weighted by Gasteiger charge is -2.37. The molecule has 1 aliphatic rings. The number of pyridine rings is 1. The Kier molecular flexibility index (Phi) is 5.06. The zero-order valence-corrected chi connectivity index (χ0v) is 14.0. The summed E-state index contributed by atoms with van der Waals surface area (Å²) >= 11 is 6.14. The van der Waals surface area contributed by atoms with Crippen molar-refractivity contribution >= 4 is 23.4 Å². The number of carbonyl (C=O) groups is 1. The van der Waals surface area contributed by atoms with Crippen LogP contribution in [0.15, 0.2) is 12.4 Å². The highest BCUT2D eigenvalue weighted by Crippen LogP contribution is 2.35. The molecule has 2 heterocycles. The minimum atomic E-state index is -0.652. The van der Waals surface area contributed by atoms with E-state index in [1.54, 1.807) is 20.8 Å². The molecule has 126 valence electrons. The van der Waals surface area contributed by atoms with Gasteiger partial charge >= 0.3 is 6.09 Å². The van der Waals surface area contributed by atoms with E-state index < -0.39 is 22.7 Å². The summed E-state index contributed by atoms with van der Waals surface area (Å²) in [5.74, 6) is 0. The molecule has 1 N–H and O–H groups in total. The summed E-state index contributed by atoms with van der Waals surface area (Å²) in [6.45, 7) is 6.60. The van der Waals surface area contributed by atoms with Gasteiger partial charge in [0.1, 0.15) is 11.8 Å². The molecule has 1 atom stereocenters. The summed E-state index contributed by atoms with van der Waals surface area (Å²) in [6, 6.07) is -0.588. The van der Waals surface area contributed by atoms with Crippen molar-refractivity contribution in [1.29, 1.82) is 0 Å². The molecule has 1 unspecified atom stereocenters. The normalized spacial score (nSPS) is 18.6. The maximum absolute atomic E-state index is 12.4. The van der Waals surface area contributed by atoms with Crippen LogP contribution in [0.3, 0.4) is 0 Å². The lowest BCUT2D eigenvalue weighted by Crippen LogP contribution is -2.50. The van der Waals surface area contributed by atoms with Crippen molar-refractivity contribution < 1.29 is 14.5 Å². The Labute approximate surface area is 138 Å². The van der Waals surface area contributed by atoms with Crippen molar-refractivity contribution in [3.8, 4) is 0 Å². The summed E-state index contributed by atoms with van der Waals surface area (Å²) < 4.78 is 5.40. The summed E-state index contributed by atoms with van der Waals surface area (Å²) in [4.78, 5) is 28.4. The number of nitrogens with one attached hydrogen (secondary N) is 1. The van der Waals surface area contributed by atoms with Gasteiger partial charge in [-0.1, -0.05) is 11.6 Å². The molecule has 1 saturated heterocycles. The summed E-state index contributed by atoms with van der Waals surface area (Å²) in [7, 11) is 0. The van der Waals surface area contributed by atoms with Crippen molar-refractivity contribution in [2.45, 2.75) is 32.4 Å². The zero-order chi connectivity index (χ0) is 17.2. The Morgan fingerprint density at radius 1 is 1.52 bits per heavy atom. The van der Waals surface area contributed by atoms with Gasteiger partial charge in [0.25, 0.3) is 5.69 Å². The molecule has 0 aliphatic carbocycles. The number of aromatic nitrogens is 1. The number of hydrogen-bond acceptors (Lipinski definition) is 6. The fourth-order valence-corrected chi connectivity index (χ4v) is 2.69. The van der Waals surface area contributed by atoms with Gasteiger partial charge in [0, 0.05) is 25.8 Å². The molecule has 0 bridgehead atoms. The molecule has 1 fully saturated rings. The fraction of sp³-hybridized carbons (Fsp3) is 0.571. The number of amides is 1. The predicted molar refractivity (Wildman–Crippen MR) is 84.5 cm³/mol. The second kappa shape index (κ2) is 6.67. The lowest BCUT2D eigenvalue weighted by molar-refractivity contribution is -0.386.